The van der Waals surface area contributed by atoms with Crippen LogP contribution < -0.4 is 5.32 Å². The summed E-state index contributed by atoms with van der Waals surface area (Å²) in [6, 6.07) is 0.886. The molecule has 1 heterocycles. The molecule has 2 fully saturated rings. The molecule has 0 aromatic rings. The minimum Gasteiger partial charge on any atom is -0.314 e. The van der Waals surface area contributed by atoms with E-state index in [1.807, 2.05) is 0 Å². The molecule has 2 bridgehead atoms. The first-order valence-electron chi connectivity index (χ1n) is 4.50. The summed E-state index contributed by atoms with van der Waals surface area (Å²) >= 11 is 0. The van der Waals surface area contributed by atoms with Gasteiger partial charge in [0.2, 0.25) is 0 Å². The zero-order chi connectivity index (χ0) is 7.14. The van der Waals surface area contributed by atoms with Crippen LogP contribution in [0.4, 0.5) is 0 Å². The number of fused-ring (bicyclic) bond motifs is 2. The van der Waals surface area contributed by atoms with Crippen molar-refractivity contribution in [2.75, 3.05) is 6.54 Å². The SMILES string of the molecule is CC(C)C1C[C@@H]2C[C@H]1CN2. The molecule has 1 heteroatoms. The van der Waals surface area contributed by atoms with Crippen LogP contribution in [-0.4, -0.2) is 12.6 Å². The summed E-state index contributed by atoms with van der Waals surface area (Å²) in [5, 5.41) is 3.54. The number of rotatable bonds is 1. The van der Waals surface area contributed by atoms with Gasteiger partial charge < -0.3 is 5.32 Å². The van der Waals surface area contributed by atoms with E-state index >= 15 is 0 Å². The number of piperidine rings is 1. The first kappa shape index (κ1) is 6.66. The van der Waals surface area contributed by atoms with Crippen LogP contribution in [0.3, 0.4) is 0 Å². The molecule has 1 nitrogen and oxygen atoms in total. The summed E-state index contributed by atoms with van der Waals surface area (Å²) in [5.41, 5.74) is 0. The van der Waals surface area contributed by atoms with Gasteiger partial charge in [-0.05, 0) is 37.1 Å². The monoisotopic (exact) mass is 139 g/mol. The van der Waals surface area contributed by atoms with E-state index in [9.17, 15) is 0 Å². The second kappa shape index (κ2) is 2.23. The average molecular weight is 139 g/mol. The van der Waals surface area contributed by atoms with Crippen LogP contribution in [0.2, 0.25) is 0 Å². The molecule has 2 aliphatic rings. The van der Waals surface area contributed by atoms with Crippen LogP contribution in [0.5, 0.6) is 0 Å². The van der Waals surface area contributed by atoms with Crippen LogP contribution in [0.25, 0.3) is 0 Å². The Morgan fingerprint density at radius 3 is 2.40 bits per heavy atom. The molecule has 3 atom stereocenters. The molecule has 0 amide bonds. The van der Waals surface area contributed by atoms with E-state index in [-0.39, 0.29) is 0 Å². The van der Waals surface area contributed by atoms with E-state index in [1.165, 1.54) is 19.4 Å². The maximum atomic E-state index is 3.54. The van der Waals surface area contributed by atoms with Crippen LogP contribution >= 0.6 is 0 Å². The molecule has 2 rings (SSSR count). The molecule has 0 radical (unpaired) electrons. The minimum atomic E-state index is 0.886. The van der Waals surface area contributed by atoms with Gasteiger partial charge in [0.25, 0.3) is 0 Å². The van der Waals surface area contributed by atoms with Crippen molar-refractivity contribution in [1.82, 2.24) is 5.32 Å². The van der Waals surface area contributed by atoms with Gasteiger partial charge in [-0.15, -0.1) is 0 Å². The molecule has 1 saturated carbocycles. The molecule has 1 saturated heterocycles. The number of nitrogens with one attached hydrogen (secondary N) is 1. The topological polar surface area (TPSA) is 12.0 Å². The molecular formula is C9H17N. The van der Waals surface area contributed by atoms with E-state index in [2.05, 4.69) is 19.2 Å². The Hall–Kier alpha value is -0.0400. The van der Waals surface area contributed by atoms with Gasteiger partial charge in [-0.1, -0.05) is 13.8 Å². The van der Waals surface area contributed by atoms with Crippen molar-refractivity contribution in [1.29, 1.82) is 0 Å². The molecule has 58 valence electrons. The fraction of sp³-hybridized carbons (Fsp3) is 1.00. The van der Waals surface area contributed by atoms with Gasteiger partial charge in [0.15, 0.2) is 0 Å². The lowest BCUT2D eigenvalue weighted by molar-refractivity contribution is 0.269. The maximum absolute atomic E-state index is 3.54. The van der Waals surface area contributed by atoms with Crippen LogP contribution in [-0.2, 0) is 0 Å². The van der Waals surface area contributed by atoms with Crippen molar-refractivity contribution < 1.29 is 0 Å². The summed E-state index contributed by atoms with van der Waals surface area (Å²) in [4.78, 5) is 0. The van der Waals surface area contributed by atoms with Crippen molar-refractivity contribution in [3.05, 3.63) is 0 Å². The molecule has 1 unspecified atom stereocenters. The Morgan fingerprint density at radius 2 is 2.10 bits per heavy atom. The number of hydrogen-bond acceptors (Lipinski definition) is 1. The zero-order valence-electron chi connectivity index (χ0n) is 6.93. The predicted octanol–water partition coefficient (Wildman–Crippen LogP) is 1.64. The van der Waals surface area contributed by atoms with Crippen LogP contribution in [0.1, 0.15) is 26.7 Å². The van der Waals surface area contributed by atoms with Gasteiger partial charge in [-0.25, -0.2) is 0 Å². The van der Waals surface area contributed by atoms with E-state index in [0.29, 0.717) is 0 Å². The van der Waals surface area contributed by atoms with E-state index in [4.69, 9.17) is 0 Å². The fourth-order valence-corrected chi connectivity index (χ4v) is 2.69. The Balaban J connectivity index is 2.02. The highest BCUT2D eigenvalue weighted by molar-refractivity contribution is 4.95. The Morgan fingerprint density at radius 1 is 1.30 bits per heavy atom. The van der Waals surface area contributed by atoms with Crippen LogP contribution in [0.15, 0.2) is 0 Å². The van der Waals surface area contributed by atoms with Crippen molar-refractivity contribution in [3.63, 3.8) is 0 Å². The molecule has 1 aliphatic heterocycles. The summed E-state index contributed by atoms with van der Waals surface area (Å²) in [5.74, 6) is 2.97. The minimum absolute atomic E-state index is 0.886. The predicted molar refractivity (Wildman–Crippen MR) is 42.8 cm³/mol. The van der Waals surface area contributed by atoms with E-state index < -0.39 is 0 Å². The quantitative estimate of drug-likeness (QED) is 0.582. The van der Waals surface area contributed by atoms with Gasteiger partial charge in [-0.2, -0.15) is 0 Å². The van der Waals surface area contributed by atoms with Crippen molar-refractivity contribution in [2.24, 2.45) is 17.8 Å². The fourth-order valence-electron chi connectivity index (χ4n) is 2.69. The molecule has 1 N–H and O–H groups in total. The average Bonchev–Trinajstić information content (AvgIpc) is 2.44. The third kappa shape index (κ3) is 0.878. The van der Waals surface area contributed by atoms with Crippen molar-refractivity contribution in [3.8, 4) is 0 Å². The van der Waals surface area contributed by atoms with Gasteiger partial charge in [0.05, 0.1) is 0 Å². The molecule has 0 spiro atoms. The van der Waals surface area contributed by atoms with Crippen LogP contribution in [0, 0.1) is 17.8 Å². The molecule has 0 aromatic heterocycles. The first-order valence-corrected chi connectivity index (χ1v) is 4.50. The van der Waals surface area contributed by atoms with Gasteiger partial charge in [-0.3, -0.25) is 0 Å². The summed E-state index contributed by atoms with van der Waals surface area (Å²) in [7, 11) is 0. The molecule has 10 heavy (non-hydrogen) atoms. The Labute approximate surface area is 63.2 Å². The maximum Gasteiger partial charge on any atom is 0.00732 e. The zero-order valence-corrected chi connectivity index (χ0v) is 6.93. The van der Waals surface area contributed by atoms with E-state index in [1.54, 1.807) is 0 Å². The largest absolute Gasteiger partial charge is 0.314 e. The standard InChI is InChI=1S/C9H17N/c1-6(2)9-4-8-3-7(9)5-10-8/h6-10H,3-5H2,1-2H3/t7-,8-,9?/m0/s1. The normalized spacial score (nSPS) is 45.3. The highest BCUT2D eigenvalue weighted by atomic mass is 15.0. The lowest BCUT2D eigenvalue weighted by Gasteiger charge is -2.25. The molecule has 0 aromatic carbocycles. The third-order valence-electron chi connectivity index (χ3n) is 3.27. The lowest BCUT2D eigenvalue weighted by Crippen LogP contribution is -2.31. The Bertz CT molecular complexity index is 131. The summed E-state index contributed by atoms with van der Waals surface area (Å²) in [6.45, 7) is 6.03. The summed E-state index contributed by atoms with van der Waals surface area (Å²) < 4.78 is 0. The van der Waals surface area contributed by atoms with Gasteiger partial charge in [0, 0.05) is 6.04 Å². The first-order chi connectivity index (χ1) is 4.77. The second-order valence-corrected chi connectivity index (χ2v) is 4.24. The lowest BCUT2D eigenvalue weighted by atomic mass is 9.85. The molecular weight excluding hydrogens is 122 g/mol. The summed E-state index contributed by atoms with van der Waals surface area (Å²) in [6.07, 6.45) is 2.91. The second-order valence-electron chi connectivity index (χ2n) is 4.24. The third-order valence-corrected chi connectivity index (χ3v) is 3.27. The van der Waals surface area contributed by atoms with Crippen molar-refractivity contribution in [2.45, 2.75) is 32.7 Å². The van der Waals surface area contributed by atoms with Gasteiger partial charge >= 0.3 is 0 Å². The smallest absolute Gasteiger partial charge is 0.00732 e. The van der Waals surface area contributed by atoms with Gasteiger partial charge in [0.1, 0.15) is 0 Å². The van der Waals surface area contributed by atoms with Crippen molar-refractivity contribution >= 4 is 0 Å². The highest BCUT2D eigenvalue weighted by Gasteiger charge is 2.40. The van der Waals surface area contributed by atoms with E-state index in [0.717, 1.165) is 23.8 Å². The highest BCUT2D eigenvalue weighted by Crippen LogP contribution is 2.40. The molecule has 1 aliphatic carbocycles. The number of hydrogen-bond donors (Lipinski definition) is 1. The Kier molecular flexibility index (Phi) is 1.48.